The molecule has 1 aliphatic rings. The number of carbonyl (C=O) groups is 1. The monoisotopic (exact) mass is 360 g/mol. The zero-order chi connectivity index (χ0) is 19.0. The van der Waals surface area contributed by atoms with Crippen molar-refractivity contribution in [2.45, 2.75) is 13.0 Å². The van der Waals surface area contributed by atoms with Crippen molar-refractivity contribution < 1.29 is 4.79 Å². The number of nitrogens with one attached hydrogen (secondary N) is 1. The van der Waals surface area contributed by atoms with Gasteiger partial charge in [-0.3, -0.25) is 4.79 Å². The van der Waals surface area contributed by atoms with Crippen molar-refractivity contribution in [2.24, 2.45) is 0 Å². The van der Waals surface area contributed by atoms with Crippen molar-refractivity contribution in [3.05, 3.63) is 77.0 Å². The number of aromatic nitrogens is 4. The van der Waals surface area contributed by atoms with E-state index in [0.717, 1.165) is 16.9 Å². The topological polar surface area (TPSA) is 75.9 Å². The number of fused-ring (bicyclic) bond motifs is 1. The van der Waals surface area contributed by atoms with Gasteiger partial charge in [-0.25, -0.2) is 0 Å². The molecule has 0 saturated heterocycles. The van der Waals surface area contributed by atoms with E-state index in [2.05, 4.69) is 20.8 Å². The molecule has 0 aliphatic carbocycles. The number of hydrogen-bond donors (Lipinski definition) is 1. The first kappa shape index (κ1) is 17.0. The number of carbonyl (C=O) groups excluding carboxylic acids is 1. The predicted molar refractivity (Wildman–Crippen MR) is 104 cm³/mol. The molecule has 0 amide bonds. The number of allylic oxidation sites excluding steroid dienone is 2. The second-order valence-electron chi connectivity index (χ2n) is 6.69. The van der Waals surface area contributed by atoms with Crippen molar-refractivity contribution in [3.8, 4) is 0 Å². The summed E-state index contributed by atoms with van der Waals surface area (Å²) in [6.45, 7) is 1.88. The molecule has 0 fully saturated rings. The lowest BCUT2D eigenvalue weighted by atomic mass is 9.89. The molecule has 2 aromatic carbocycles. The summed E-state index contributed by atoms with van der Waals surface area (Å²) in [6, 6.07) is 17.0. The Labute approximate surface area is 157 Å². The second-order valence-corrected chi connectivity index (χ2v) is 6.69. The van der Waals surface area contributed by atoms with Crippen LogP contribution < -0.4 is 10.2 Å². The van der Waals surface area contributed by atoms with E-state index in [-0.39, 0.29) is 11.8 Å². The number of anilines is 2. The Morgan fingerprint density at radius 1 is 1.07 bits per heavy atom. The van der Waals surface area contributed by atoms with Crippen LogP contribution in [0.5, 0.6) is 0 Å². The van der Waals surface area contributed by atoms with Gasteiger partial charge < -0.3 is 10.2 Å². The van der Waals surface area contributed by atoms with Crippen LogP contribution in [-0.4, -0.2) is 40.1 Å². The zero-order valence-electron chi connectivity index (χ0n) is 15.4. The molecule has 4 rings (SSSR count). The lowest BCUT2D eigenvalue weighted by Crippen LogP contribution is -2.29. The highest BCUT2D eigenvalue weighted by molar-refractivity contribution is 6.10. The van der Waals surface area contributed by atoms with Crippen LogP contribution in [0.1, 0.15) is 28.9 Å². The fourth-order valence-electron chi connectivity index (χ4n) is 3.31. The number of tetrazole rings is 1. The Bertz CT molecular complexity index is 1000. The third-order valence-electron chi connectivity index (χ3n) is 4.72. The van der Waals surface area contributed by atoms with Crippen molar-refractivity contribution in [1.29, 1.82) is 0 Å². The van der Waals surface area contributed by atoms with Gasteiger partial charge in [0.05, 0.1) is 0 Å². The molecule has 1 unspecified atom stereocenters. The molecule has 1 aliphatic heterocycles. The first-order valence-corrected chi connectivity index (χ1v) is 8.69. The molecule has 7 heteroatoms. The molecule has 0 spiro atoms. The maximum Gasteiger partial charge on any atom is 0.248 e. The Kier molecular flexibility index (Phi) is 4.19. The molecule has 0 saturated carbocycles. The van der Waals surface area contributed by atoms with Gasteiger partial charge in [-0.15, -0.1) is 0 Å². The van der Waals surface area contributed by atoms with E-state index in [9.17, 15) is 4.79 Å². The number of Topliss-reactive ketones (excluding diaryl/α,β-unsaturated/α-hetero) is 1. The Balaban J connectivity index is 1.83. The molecule has 1 aromatic heterocycles. The van der Waals surface area contributed by atoms with Crippen molar-refractivity contribution >= 4 is 17.4 Å². The average Bonchev–Trinajstić information content (AvgIpc) is 3.15. The van der Waals surface area contributed by atoms with Gasteiger partial charge >= 0.3 is 0 Å². The van der Waals surface area contributed by atoms with Crippen molar-refractivity contribution in [1.82, 2.24) is 20.2 Å². The molecular weight excluding hydrogens is 340 g/mol. The van der Waals surface area contributed by atoms with Gasteiger partial charge in [-0.1, -0.05) is 47.6 Å². The first-order chi connectivity index (χ1) is 13.1. The number of ketones is 1. The van der Waals surface area contributed by atoms with Gasteiger partial charge in [-0.2, -0.15) is 4.68 Å². The summed E-state index contributed by atoms with van der Waals surface area (Å²) in [4.78, 5) is 15.3. The molecular formula is C20H20N6O. The van der Waals surface area contributed by atoms with Crippen LogP contribution in [0.15, 0.2) is 65.9 Å². The fraction of sp³-hybridized carbons (Fsp3) is 0.200. The van der Waals surface area contributed by atoms with Crippen LogP contribution in [-0.2, 0) is 0 Å². The van der Waals surface area contributed by atoms with E-state index < -0.39 is 0 Å². The summed E-state index contributed by atoms with van der Waals surface area (Å²) in [5.74, 6) is 0.488. The van der Waals surface area contributed by atoms with Gasteiger partial charge in [0.15, 0.2) is 5.78 Å². The SMILES string of the molecule is CC1=C(C(=O)c2ccccc2)C(c2ccc(N(C)C)cc2)n2nnnc2N1. The summed E-state index contributed by atoms with van der Waals surface area (Å²) < 4.78 is 1.66. The molecule has 2 heterocycles. The van der Waals surface area contributed by atoms with E-state index in [1.165, 1.54) is 0 Å². The maximum absolute atomic E-state index is 13.3. The quantitative estimate of drug-likeness (QED) is 0.721. The van der Waals surface area contributed by atoms with Crippen LogP contribution in [0, 0.1) is 0 Å². The summed E-state index contributed by atoms with van der Waals surface area (Å²) in [7, 11) is 3.99. The molecule has 0 radical (unpaired) electrons. The largest absolute Gasteiger partial charge is 0.378 e. The van der Waals surface area contributed by atoms with Gasteiger partial charge in [0, 0.05) is 36.6 Å². The molecule has 3 aromatic rings. The van der Waals surface area contributed by atoms with E-state index >= 15 is 0 Å². The summed E-state index contributed by atoms with van der Waals surface area (Å²) in [5, 5.41) is 15.1. The summed E-state index contributed by atoms with van der Waals surface area (Å²) >= 11 is 0. The van der Waals surface area contributed by atoms with Crippen LogP contribution in [0.25, 0.3) is 0 Å². The molecule has 27 heavy (non-hydrogen) atoms. The molecule has 136 valence electrons. The third kappa shape index (κ3) is 2.97. The summed E-state index contributed by atoms with van der Waals surface area (Å²) in [5.41, 5.74) is 4.07. The molecule has 0 bridgehead atoms. The van der Waals surface area contributed by atoms with Crippen LogP contribution in [0.4, 0.5) is 11.6 Å². The lowest BCUT2D eigenvalue weighted by molar-refractivity contribution is 0.102. The zero-order valence-corrected chi connectivity index (χ0v) is 15.4. The number of rotatable bonds is 4. The van der Waals surface area contributed by atoms with Crippen molar-refractivity contribution in [2.75, 3.05) is 24.3 Å². The number of nitrogens with zero attached hydrogens (tertiary/aromatic N) is 5. The summed E-state index contributed by atoms with van der Waals surface area (Å²) in [6.07, 6.45) is 0. The molecule has 1 N–H and O–H groups in total. The number of benzene rings is 2. The minimum atomic E-state index is -0.389. The average molecular weight is 360 g/mol. The van der Waals surface area contributed by atoms with Gasteiger partial charge in [0.1, 0.15) is 6.04 Å². The normalized spacial score (nSPS) is 15.9. The van der Waals surface area contributed by atoms with Gasteiger partial charge in [0.2, 0.25) is 5.95 Å². The predicted octanol–water partition coefficient (Wildman–Crippen LogP) is 2.91. The van der Waals surface area contributed by atoms with E-state index in [1.807, 2.05) is 80.5 Å². The van der Waals surface area contributed by atoms with Gasteiger partial charge in [0.25, 0.3) is 0 Å². The minimum Gasteiger partial charge on any atom is -0.378 e. The maximum atomic E-state index is 13.3. The molecule has 7 nitrogen and oxygen atoms in total. The first-order valence-electron chi connectivity index (χ1n) is 8.69. The molecule has 1 atom stereocenters. The van der Waals surface area contributed by atoms with Crippen LogP contribution >= 0.6 is 0 Å². The lowest BCUT2D eigenvalue weighted by Gasteiger charge is -2.28. The minimum absolute atomic E-state index is 0.0385. The Morgan fingerprint density at radius 3 is 2.44 bits per heavy atom. The second kappa shape index (κ2) is 6.68. The number of hydrogen-bond acceptors (Lipinski definition) is 6. The Morgan fingerprint density at radius 2 is 1.78 bits per heavy atom. The standard InChI is InChI=1S/C20H20N6O/c1-13-17(19(27)15-7-5-4-6-8-15)18(26-20(21-13)22-23-24-26)14-9-11-16(12-10-14)25(2)3/h4-12,18H,1-3H3,(H,21,22,24). The van der Waals surface area contributed by atoms with Crippen LogP contribution in [0.3, 0.4) is 0 Å². The van der Waals surface area contributed by atoms with E-state index in [1.54, 1.807) is 4.68 Å². The third-order valence-corrected chi connectivity index (χ3v) is 4.72. The van der Waals surface area contributed by atoms with Gasteiger partial charge in [-0.05, 0) is 35.0 Å². The highest BCUT2D eigenvalue weighted by atomic mass is 16.1. The van der Waals surface area contributed by atoms with E-state index in [4.69, 9.17) is 0 Å². The smallest absolute Gasteiger partial charge is 0.248 e. The highest BCUT2D eigenvalue weighted by Crippen LogP contribution is 2.36. The highest BCUT2D eigenvalue weighted by Gasteiger charge is 2.34. The van der Waals surface area contributed by atoms with E-state index in [0.29, 0.717) is 17.1 Å². The van der Waals surface area contributed by atoms with Crippen molar-refractivity contribution in [3.63, 3.8) is 0 Å². The Hall–Kier alpha value is -3.48. The fourth-order valence-corrected chi connectivity index (χ4v) is 3.31. The van der Waals surface area contributed by atoms with Crippen LogP contribution in [0.2, 0.25) is 0 Å².